The second-order valence-electron chi connectivity index (χ2n) is 11.8. The highest BCUT2D eigenvalue weighted by Crippen LogP contribution is 2.52. The lowest BCUT2D eigenvalue weighted by atomic mass is 9.86. The number of ether oxygens (including phenoxy) is 3. The average molecular weight is 663 g/mol. The number of thiazole rings is 1. The van der Waals surface area contributed by atoms with Crippen molar-refractivity contribution in [2.24, 2.45) is 11.8 Å². The van der Waals surface area contributed by atoms with Crippen molar-refractivity contribution in [2.75, 3.05) is 6.61 Å². The normalized spacial score (nSPS) is 23.0. The molecule has 0 N–H and O–H groups in total. The Labute approximate surface area is 264 Å². The molecule has 45 heavy (non-hydrogen) atoms. The number of carbonyl (C=O) groups is 1. The van der Waals surface area contributed by atoms with Crippen LogP contribution >= 0.6 is 23.1 Å². The van der Waals surface area contributed by atoms with Crippen LogP contribution in [0.2, 0.25) is 0 Å². The number of nitrogens with zero attached hydrogens (tertiary/aromatic N) is 2. The largest absolute Gasteiger partial charge is 0.573 e. The number of thioether (sulfide) groups is 1. The van der Waals surface area contributed by atoms with Crippen molar-refractivity contribution in [2.45, 2.75) is 80.0 Å². The smallest absolute Gasteiger partial charge is 0.462 e. The van der Waals surface area contributed by atoms with E-state index in [1.807, 2.05) is 0 Å². The lowest BCUT2D eigenvalue weighted by molar-refractivity contribution is -0.274. The molecule has 0 aliphatic heterocycles. The first kappa shape index (κ1) is 30.5. The monoisotopic (exact) mass is 662 g/mol. The van der Waals surface area contributed by atoms with Gasteiger partial charge in [-0.05, 0) is 81.5 Å². The average Bonchev–Trinajstić information content (AvgIpc) is 3.55. The molecule has 13 heteroatoms. The van der Waals surface area contributed by atoms with Crippen molar-refractivity contribution in [3.8, 4) is 17.0 Å². The summed E-state index contributed by atoms with van der Waals surface area (Å²) in [6.07, 6.45) is 0.822. The van der Waals surface area contributed by atoms with E-state index in [1.165, 1.54) is 29.5 Å². The Morgan fingerprint density at radius 3 is 2.58 bits per heavy atom. The topological polar surface area (TPSA) is 83.7 Å². The van der Waals surface area contributed by atoms with Gasteiger partial charge in [0.1, 0.15) is 22.7 Å². The van der Waals surface area contributed by atoms with Crippen molar-refractivity contribution in [1.82, 2.24) is 10.1 Å². The number of hydrogen-bond acceptors (Lipinski definition) is 9. The van der Waals surface area contributed by atoms with Crippen LogP contribution in [-0.2, 0) is 16.1 Å². The Bertz CT molecular complexity index is 1710. The van der Waals surface area contributed by atoms with E-state index < -0.39 is 18.1 Å². The van der Waals surface area contributed by atoms with E-state index in [0.717, 1.165) is 42.9 Å². The number of para-hydroxylation sites is 1. The number of fused-ring (bicyclic) bond motifs is 3. The third-order valence-electron chi connectivity index (χ3n) is 8.74. The predicted octanol–water partition coefficient (Wildman–Crippen LogP) is 8.91. The molecule has 0 spiro atoms. The molecule has 3 aliphatic carbocycles. The summed E-state index contributed by atoms with van der Waals surface area (Å²) in [6.45, 7) is 2.11. The number of halogens is 4. The molecular formula is C32H30F4N2O5S2. The Morgan fingerprint density at radius 2 is 1.87 bits per heavy atom. The van der Waals surface area contributed by atoms with Gasteiger partial charge in [0.05, 0.1) is 29.6 Å². The molecule has 4 aromatic rings. The highest BCUT2D eigenvalue weighted by atomic mass is 32.2. The molecule has 0 radical (unpaired) electrons. The summed E-state index contributed by atoms with van der Waals surface area (Å²) in [4.78, 5) is 16.7. The number of benzene rings is 2. The summed E-state index contributed by atoms with van der Waals surface area (Å²) in [5, 5.41) is 4.50. The fourth-order valence-corrected chi connectivity index (χ4v) is 9.43. The lowest BCUT2D eigenvalue weighted by Crippen LogP contribution is -2.32. The maximum Gasteiger partial charge on any atom is 0.573 e. The molecular weight excluding hydrogens is 632 g/mol. The van der Waals surface area contributed by atoms with Crippen LogP contribution in [0.5, 0.6) is 5.75 Å². The second-order valence-corrected chi connectivity index (χ2v) is 14.2. The number of hydrogen-bond donors (Lipinski definition) is 0. The highest BCUT2D eigenvalue weighted by molar-refractivity contribution is 8.01. The molecule has 3 saturated carbocycles. The zero-order valence-electron chi connectivity index (χ0n) is 24.3. The van der Waals surface area contributed by atoms with Gasteiger partial charge in [0, 0.05) is 22.3 Å². The van der Waals surface area contributed by atoms with E-state index in [9.17, 15) is 22.4 Å². The summed E-state index contributed by atoms with van der Waals surface area (Å²) in [7, 11) is 0. The zero-order chi connectivity index (χ0) is 31.3. The zero-order valence-corrected chi connectivity index (χ0v) is 25.9. The number of esters is 1. The van der Waals surface area contributed by atoms with Gasteiger partial charge in [0.25, 0.3) is 0 Å². The quantitative estimate of drug-likeness (QED) is 0.123. The molecule has 0 saturated heterocycles. The third kappa shape index (κ3) is 6.44. The summed E-state index contributed by atoms with van der Waals surface area (Å²) in [5.41, 5.74) is 1.65. The Hall–Kier alpha value is -3.16. The van der Waals surface area contributed by atoms with Crippen LogP contribution in [0.15, 0.2) is 45.3 Å². The van der Waals surface area contributed by atoms with Gasteiger partial charge in [-0.15, -0.1) is 24.5 Å². The fourth-order valence-electron chi connectivity index (χ4n) is 6.63. The first-order chi connectivity index (χ1) is 21.7. The number of aromatic nitrogens is 2. The maximum atomic E-state index is 14.8. The molecule has 2 heterocycles. The minimum absolute atomic E-state index is 0.0178. The van der Waals surface area contributed by atoms with Crippen LogP contribution < -0.4 is 4.74 Å². The van der Waals surface area contributed by atoms with Gasteiger partial charge < -0.3 is 18.7 Å². The maximum absolute atomic E-state index is 14.8. The number of rotatable bonds is 10. The summed E-state index contributed by atoms with van der Waals surface area (Å²) in [5.74, 6) is 0.213. The van der Waals surface area contributed by atoms with Crippen molar-refractivity contribution in [3.05, 3.63) is 59.1 Å². The van der Waals surface area contributed by atoms with Crippen molar-refractivity contribution < 1.29 is 41.1 Å². The molecule has 2 aromatic carbocycles. The molecule has 3 fully saturated rings. The van der Waals surface area contributed by atoms with Crippen LogP contribution in [0.3, 0.4) is 0 Å². The molecule has 7 nitrogen and oxygen atoms in total. The van der Waals surface area contributed by atoms with E-state index >= 15 is 0 Å². The van der Waals surface area contributed by atoms with Crippen LogP contribution in [0.1, 0.15) is 73.0 Å². The molecule has 3 aliphatic rings. The number of carbonyl (C=O) groups excluding carboxylic acids is 1. The van der Waals surface area contributed by atoms with Gasteiger partial charge in [0.2, 0.25) is 0 Å². The minimum atomic E-state index is -4.84. The van der Waals surface area contributed by atoms with Gasteiger partial charge >= 0.3 is 12.3 Å². The first-order valence-corrected chi connectivity index (χ1v) is 16.8. The van der Waals surface area contributed by atoms with E-state index in [1.54, 1.807) is 36.9 Å². The van der Waals surface area contributed by atoms with Gasteiger partial charge in [-0.1, -0.05) is 29.1 Å². The lowest BCUT2D eigenvalue weighted by Gasteiger charge is -2.34. The fraction of sp³-hybridized carbons (Fsp3) is 0.469. The molecule has 2 unspecified atom stereocenters. The van der Waals surface area contributed by atoms with Crippen molar-refractivity contribution in [3.63, 3.8) is 0 Å². The number of alkyl halides is 3. The Balaban J connectivity index is 1.05. The van der Waals surface area contributed by atoms with Gasteiger partial charge in [-0.2, -0.15) is 0 Å². The summed E-state index contributed by atoms with van der Waals surface area (Å²) in [6, 6.07) is 8.77. The molecule has 2 atom stereocenters. The van der Waals surface area contributed by atoms with Gasteiger partial charge in [-0.3, -0.25) is 0 Å². The molecule has 0 amide bonds. The Kier molecular flexibility index (Phi) is 8.28. The summed E-state index contributed by atoms with van der Waals surface area (Å²) < 4.78 is 77.1. The first-order valence-electron chi connectivity index (χ1n) is 15.1. The molecule has 7 rings (SSSR count). The van der Waals surface area contributed by atoms with E-state index in [4.69, 9.17) is 14.0 Å². The molecule has 2 aromatic heterocycles. The van der Waals surface area contributed by atoms with Gasteiger partial charge in [0.15, 0.2) is 10.2 Å². The molecule has 238 valence electrons. The third-order valence-corrected chi connectivity index (χ3v) is 11.4. The van der Waals surface area contributed by atoms with Crippen molar-refractivity contribution >= 4 is 39.3 Å². The van der Waals surface area contributed by atoms with E-state index in [-0.39, 0.29) is 47.6 Å². The van der Waals surface area contributed by atoms with Crippen molar-refractivity contribution in [1.29, 1.82) is 0 Å². The Morgan fingerprint density at radius 1 is 1.11 bits per heavy atom. The standard InChI is InChI=1S/C32H30F4N2O5S2/c1-2-40-30(39)19-13-23(33)27-25(14-19)44-31(37-27)45-29-17-9-10-18(29)12-20(11-17)41-15-22-26(38-43-28(22)16-7-8-16)21-5-3-4-6-24(21)42-32(34,35)36/h3-6,13-14,16-18,20,29H,2,7-12,15H2,1H3. The van der Waals surface area contributed by atoms with Crippen LogP contribution in [0, 0.1) is 17.7 Å². The second kappa shape index (κ2) is 12.2. The van der Waals surface area contributed by atoms with E-state index in [2.05, 4.69) is 14.9 Å². The van der Waals surface area contributed by atoms with Gasteiger partial charge in [-0.25, -0.2) is 14.2 Å². The van der Waals surface area contributed by atoms with Crippen LogP contribution in [0.25, 0.3) is 21.5 Å². The van der Waals surface area contributed by atoms with Crippen LogP contribution in [0.4, 0.5) is 17.6 Å². The van der Waals surface area contributed by atoms with Crippen LogP contribution in [-0.4, -0.2) is 40.4 Å². The predicted molar refractivity (Wildman–Crippen MR) is 160 cm³/mol. The highest BCUT2D eigenvalue weighted by Gasteiger charge is 2.44. The SMILES string of the molecule is CCOC(=O)c1cc(F)c2nc(SC3C4CCC3CC(OCc3c(-c5ccccc5OC(F)(F)F)noc3C3CC3)C4)sc2c1. The molecule has 2 bridgehead atoms. The van der Waals surface area contributed by atoms with E-state index in [0.29, 0.717) is 38.8 Å². The minimum Gasteiger partial charge on any atom is -0.462 e. The summed E-state index contributed by atoms with van der Waals surface area (Å²) >= 11 is 3.06.